The lowest BCUT2D eigenvalue weighted by Gasteiger charge is -2.49. The van der Waals surface area contributed by atoms with Gasteiger partial charge in [0.2, 0.25) is 0 Å². The topological polar surface area (TPSA) is 66.6 Å². The maximum absolute atomic E-state index is 13.1. The lowest BCUT2D eigenvalue weighted by atomic mass is 9.81. The number of hydrogen-bond acceptors (Lipinski definition) is 4. The fourth-order valence-electron chi connectivity index (χ4n) is 4.67. The molecule has 6 rings (SSSR count). The molecule has 3 fully saturated rings. The Balaban J connectivity index is 1.67. The van der Waals surface area contributed by atoms with Crippen molar-refractivity contribution in [1.29, 1.82) is 0 Å². The van der Waals surface area contributed by atoms with E-state index in [2.05, 4.69) is 4.90 Å². The second-order valence-corrected chi connectivity index (χ2v) is 7.12. The van der Waals surface area contributed by atoms with Gasteiger partial charge in [-0.05, 0) is 50.0 Å². The van der Waals surface area contributed by atoms with Crippen LogP contribution < -0.4 is 5.73 Å². The van der Waals surface area contributed by atoms with Crippen molar-refractivity contribution in [2.24, 2.45) is 5.92 Å². The van der Waals surface area contributed by atoms with E-state index < -0.39 is 0 Å². The van der Waals surface area contributed by atoms with Crippen molar-refractivity contribution >= 4 is 28.3 Å². The average Bonchev–Trinajstić information content (AvgIpc) is 2.62. The Morgan fingerprint density at radius 1 is 0.958 bits per heavy atom. The zero-order valence-corrected chi connectivity index (χ0v) is 13.4. The third-order valence-electron chi connectivity index (χ3n) is 5.93. The summed E-state index contributed by atoms with van der Waals surface area (Å²) in [5.41, 5.74) is 7.86. The van der Waals surface area contributed by atoms with Crippen molar-refractivity contribution in [2.75, 3.05) is 25.4 Å². The van der Waals surface area contributed by atoms with Crippen LogP contribution in [0.5, 0.6) is 0 Å². The monoisotopic (exact) mass is 321 g/mol. The molecule has 3 saturated heterocycles. The molecule has 5 heteroatoms. The maximum atomic E-state index is 13.1. The summed E-state index contributed by atoms with van der Waals surface area (Å²) < 4.78 is 0. The molecule has 24 heavy (non-hydrogen) atoms. The molecule has 4 aliphatic heterocycles. The summed E-state index contributed by atoms with van der Waals surface area (Å²) in [5.74, 6) is 0.0994. The second kappa shape index (κ2) is 4.80. The van der Waals surface area contributed by atoms with E-state index in [1.807, 2.05) is 18.2 Å². The first-order valence-electron chi connectivity index (χ1n) is 8.56. The molecule has 0 radical (unpaired) electrons. The number of nitrogens with zero attached hydrogens (tertiary/aromatic N) is 2. The van der Waals surface area contributed by atoms with Crippen molar-refractivity contribution in [3.05, 3.63) is 41.5 Å². The second-order valence-electron chi connectivity index (χ2n) is 7.12. The van der Waals surface area contributed by atoms with Crippen molar-refractivity contribution in [3.63, 3.8) is 0 Å². The molecule has 2 N–H and O–H groups in total. The summed E-state index contributed by atoms with van der Waals surface area (Å²) in [5, 5.41) is 1.50. The fourth-order valence-corrected chi connectivity index (χ4v) is 4.67. The number of carbonyl (C=O) groups excluding carboxylic acids is 2. The van der Waals surface area contributed by atoms with Crippen LogP contribution >= 0.6 is 0 Å². The van der Waals surface area contributed by atoms with Crippen LogP contribution in [0.1, 0.15) is 33.6 Å². The van der Waals surface area contributed by atoms with E-state index >= 15 is 0 Å². The van der Waals surface area contributed by atoms with Crippen LogP contribution in [0.15, 0.2) is 30.3 Å². The highest BCUT2D eigenvalue weighted by Crippen LogP contribution is 2.38. The summed E-state index contributed by atoms with van der Waals surface area (Å²) in [4.78, 5) is 30.2. The lowest BCUT2D eigenvalue weighted by Crippen LogP contribution is -2.60. The minimum atomic E-state index is -0.164. The Kier molecular flexibility index (Phi) is 2.80. The summed E-state index contributed by atoms with van der Waals surface area (Å²) in [6.07, 6.45) is 2.14. The van der Waals surface area contributed by atoms with E-state index in [-0.39, 0.29) is 17.9 Å². The predicted molar refractivity (Wildman–Crippen MR) is 91.8 cm³/mol. The zero-order chi connectivity index (χ0) is 16.4. The Morgan fingerprint density at radius 2 is 1.67 bits per heavy atom. The molecular weight excluding hydrogens is 302 g/mol. The molecule has 2 aromatic carbocycles. The predicted octanol–water partition coefficient (Wildman–Crippen LogP) is 2.11. The number of anilines is 1. The first kappa shape index (κ1) is 14.0. The molecule has 122 valence electrons. The number of fused-ring (bicyclic) bond motifs is 3. The molecule has 4 heterocycles. The van der Waals surface area contributed by atoms with Gasteiger partial charge in [-0.1, -0.05) is 12.1 Å². The van der Waals surface area contributed by atoms with Gasteiger partial charge < -0.3 is 10.6 Å². The van der Waals surface area contributed by atoms with Gasteiger partial charge in [0, 0.05) is 34.1 Å². The Bertz CT molecular complexity index is 861. The van der Waals surface area contributed by atoms with E-state index in [9.17, 15) is 9.59 Å². The number of nitrogen functional groups attached to an aromatic ring is 1. The van der Waals surface area contributed by atoms with Crippen LogP contribution in [0, 0.1) is 5.92 Å². The molecule has 0 aliphatic carbocycles. The fraction of sp³-hybridized carbons (Fsp3) is 0.368. The van der Waals surface area contributed by atoms with Gasteiger partial charge in [0.25, 0.3) is 11.8 Å². The lowest BCUT2D eigenvalue weighted by molar-refractivity contribution is 0.00882. The van der Waals surface area contributed by atoms with Gasteiger partial charge in [-0.15, -0.1) is 0 Å². The highest BCUT2D eigenvalue weighted by molar-refractivity contribution is 6.26. The van der Waals surface area contributed by atoms with Crippen LogP contribution in [-0.2, 0) is 0 Å². The number of carbonyl (C=O) groups is 2. The quantitative estimate of drug-likeness (QED) is 0.645. The largest absolute Gasteiger partial charge is 0.398 e. The van der Waals surface area contributed by atoms with E-state index in [1.165, 1.54) is 4.90 Å². The standard InChI is InChI=1S/C19H19N3O2/c20-15-5-4-14-17-12(15)2-1-3-13(17)18(23)22(19(14)24)16-10-21-8-6-11(16)7-9-21/h1-5,11,16H,6-10,20H2/t16-/m0/s1. The molecule has 0 spiro atoms. The number of imide groups is 1. The van der Waals surface area contributed by atoms with Gasteiger partial charge in [-0.25, -0.2) is 0 Å². The molecule has 4 aliphatic rings. The number of rotatable bonds is 1. The highest BCUT2D eigenvalue weighted by atomic mass is 16.2. The average molecular weight is 321 g/mol. The first-order chi connectivity index (χ1) is 11.6. The molecule has 0 aromatic heterocycles. The molecule has 1 atom stereocenters. The van der Waals surface area contributed by atoms with Gasteiger partial charge in [-0.3, -0.25) is 14.5 Å². The van der Waals surface area contributed by atoms with Gasteiger partial charge in [0.15, 0.2) is 0 Å². The smallest absolute Gasteiger partial charge is 0.261 e. The van der Waals surface area contributed by atoms with Crippen molar-refractivity contribution in [1.82, 2.24) is 9.80 Å². The number of amides is 2. The van der Waals surface area contributed by atoms with Crippen molar-refractivity contribution in [2.45, 2.75) is 18.9 Å². The Hall–Kier alpha value is -2.40. The van der Waals surface area contributed by atoms with Crippen LogP contribution in [-0.4, -0.2) is 47.3 Å². The molecule has 2 amide bonds. The third-order valence-corrected chi connectivity index (χ3v) is 5.93. The van der Waals surface area contributed by atoms with E-state index in [1.54, 1.807) is 12.1 Å². The number of nitrogens with two attached hydrogens (primary N) is 1. The molecule has 0 saturated carbocycles. The van der Waals surface area contributed by atoms with Gasteiger partial charge in [-0.2, -0.15) is 0 Å². The van der Waals surface area contributed by atoms with Gasteiger partial charge >= 0.3 is 0 Å². The van der Waals surface area contributed by atoms with Crippen molar-refractivity contribution in [3.8, 4) is 0 Å². The maximum Gasteiger partial charge on any atom is 0.261 e. The van der Waals surface area contributed by atoms with Gasteiger partial charge in [0.05, 0.1) is 6.04 Å². The van der Waals surface area contributed by atoms with Crippen molar-refractivity contribution < 1.29 is 9.59 Å². The zero-order valence-electron chi connectivity index (χ0n) is 13.4. The van der Waals surface area contributed by atoms with Crippen LogP contribution in [0.3, 0.4) is 0 Å². The minimum absolute atomic E-state index is 0.00606. The Morgan fingerprint density at radius 3 is 2.33 bits per heavy atom. The third kappa shape index (κ3) is 1.73. The summed E-state index contributed by atoms with van der Waals surface area (Å²) in [6, 6.07) is 9.07. The molecule has 0 unspecified atom stereocenters. The summed E-state index contributed by atoms with van der Waals surface area (Å²) in [6.45, 7) is 2.97. The Labute approximate surface area is 140 Å². The number of benzene rings is 2. The number of hydrogen-bond donors (Lipinski definition) is 1. The van der Waals surface area contributed by atoms with Crippen LogP contribution in [0.4, 0.5) is 5.69 Å². The van der Waals surface area contributed by atoms with Crippen LogP contribution in [0.2, 0.25) is 0 Å². The normalized spacial score (nSPS) is 28.7. The molecule has 5 nitrogen and oxygen atoms in total. The molecule has 2 aromatic rings. The van der Waals surface area contributed by atoms with Gasteiger partial charge in [0.1, 0.15) is 0 Å². The molecule has 2 bridgehead atoms. The molecular formula is C19H19N3O2. The van der Waals surface area contributed by atoms with E-state index in [0.717, 1.165) is 37.9 Å². The van der Waals surface area contributed by atoms with E-state index in [4.69, 9.17) is 5.73 Å². The van der Waals surface area contributed by atoms with E-state index in [0.29, 0.717) is 28.1 Å². The number of piperidine rings is 3. The minimum Gasteiger partial charge on any atom is -0.398 e. The summed E-state index contributed by atoms with van der Waals surface area (Å²) >= 11 is 0. The highest BCUT2D eigenvalue weighted by Gasteiger charge is 2.44. The SMILES string of the molecule is Nc1ccc2c3c(cccc13)C(=O)N([C@H]1CN3CCC1CC3)C2=O. The first-order valence-corrected chi connectivity index (χ1v) is 8.56. The van der Waals surface area contributed by atoms with Crippen LogP contribution in [0.25, 0.3) is 10.8 Å². The summed E-state index contributed by atoms with van der Waals surface area (Å²) in [7, 11) is 0.